The molecule has 0 aromatic rings. The lowest BCUT2D eigenvalue weighted by Crippen LogP contribution is -2.46. The molecule has 1 fully saturated rings. The Morgan fingerprint density at radius 2 is 1.93 bits per heavy atom. The average molecular weight is 199 g/mol. The second kappa shape index (κ2) is 5.72. The van der Waals surface area contributed by atoms with E-state index < -0.39 is 0 Å². The smallest absolute Gasteiger partial charge is 0.0476 e. The van der Waals surface area contributed by atoms with Crippen molar-refractivity contribution in [3.8, 4) is 0 Å². The van der Waals surface area contributed by atoms with Crippen LogP contribution in [0.5, 0.6) is 0 Å². The van der Waals surface area contributed by atoms with Crippen LogP contribution in [0.25, 0.3) is 0 Å². The number of hydrogen-bond acceptors (Lipinski definition) is 2. The van der Waals surface area contributed by atoms with Gasteiger partial charge in [-0.2, -0.15) is 0 Å². The summed E-state index contributed by atoms with van der Waals surface area (Å²) in [5.74, 6) is 1.82. The molecule has 0 heterocycles. The molecule has 1 aliphatic rings. The molecule has 0 aromatic heterocycles. The van der Waals surface area contributed by atoms with E-state index >= 15 is 0 Å². The van der Waals surface area contributed by atoms with Gasteiger partial charge in [0.15, 0.2) is 0 Å². The van der Waals surface area contributed by atoms with E-state index in [0.717, 1.165) is 30.9 Å². The molecule has 1 rings (SSSR count). The highest BCUT2D eigenvalue weighted by Gasteiger charge is 2.31. The SMILES string of the molecule is COCCC(C)NC1CC(C(C)C)C1. The lowest BCUT2D eigenvalue weighted by Gasteiger charge is -2.40. The Bertz CT molecular complexity index is 152. The summed E-state index contributed by atoms with van der Waals surface area (Å²) in [6.45, 7) is 7.78. The minimum absolute atomic E-state index is 0.605. The van der Waals surface area contributed by atoms with Crippen LogP contribution in [-0.4, -0.2) is 25.8 Å². The minimum Gasteiger partial charge on any atom is -0.385 e. The fraction of sp³-hybridized carbons (Fsp3) is 1.00. The van der Waals surface area contributed by atoms with Gasteiger partial charge >= 0.3 is 0 Å². The molecule has 0 saturated heterocycles. The van der Waals surface area contributed by atoms with Gasteiger partial charge in [-0.15, -0.1) is 0 Å². The Morgan fingerprint density at radius 3 is 2.43 bits per heavy atom. The van der Waals surface area contributed by atoms with Crippen LogP contribution in [0, 0.1) is 11.8 Å². The molecule has 0 bridgehead atoms. The zero-order chi connectivity index (χ0) is 10.6. The summed E-state index contributed by atoms with van der Waals surface area (Å²) in [6.07, 6.45) is 3.86. The summed E-state index contributed by atoms with van der Waals surface area (Å²) in [6, 6.07) is 1.38. The number of ether oxygens (including phenoxy) is 1. The molecule has 0 aromatic carbocycles. The summed E-state index contributed by atoms with van der Waals surface area (Å²) in [5.41, 5.74) is 0. The Kier molecular flexibility index (Phi) is 4.90. The third-order valence-electron chi connectivity index (χ3n) is 3.39. The molecule has 1 unspecified atom stereocenters. The molecule has 1 N–H and O–H groups in total. The molecule has 2 nitrogen and oxygen atoms in total. The summed E-state index contributed by atoms with van der Waals surface area (Å²) < 4.78 is 5.07. The molecule has 14 heavy (non-hydrogen) atoms. The van der Waals surface area contributed by atoms with Gasteiger partial charge in [-0.25, -0.2) is 0 Å². The minimum atomic E-state index is 0.605. The number of rotatable bonds is 6. The van der Waals surface area contributed by atoms with Crippen molar-refractivity contribution < 1.29 is 4.74 Å². The monoisotopic (exact) mass is 199 g/mol. The van der Waals surface area contributed by atoms with Gasteiger partial charge in [-0.1, -0.05) is 13.8 Å². The maximum atomic E-state index is 5.07. The van der Waals surface area contributed by atoms with Crippen LogP contribution in [0.1, 0.15) is 40.0 Å². The molecular formula is C12H25NO. The Labute approximate surface area is 88.4 Å². The molecule has 84 valence electrons. The van der Waals surface area contributed by atoms with Crippen LogP contribution >= 0.6 is 0 Å². The molecule has 0 radical (unpaired) electrons. The van der Waals surface area contributed by atoms with Gasteiger partial charge in [-0.3, -0.25) is 0 Å². The zero-order valence-corrected chi connectivity index (χ0v) is 10.0. The zero-order valence-electron chi connectivity index (χ0n) is 10.0. The van der Waals surface area contributed by atoms with Gasteiger partial charge in [0, 0.05) is 25.8 Å². The van der Waals surface area contributed by atoms with E-state index in [2.05, 4.69) is 26.1 Å². The van der Waals surface area contributed by atoms with E-state index in [-0.39, 0.29) is 0 Å². The highest BCUT2D eigenvalue weighted by Crippen LogP contribution is 2.33. The van der Waals surface area contributed by atoms with Gasteiger partial charge in [0.25, 0.3) is 0 Å². The van der Waals surface area contributed by atoms with Crippen molar-refractivity contribution in [2.75, 3.05) is 13.7 Å². The van der Waals surface area contributed by atoms with Crippen molar-refractivity contribution >= 4 is 0 Å². The van der Waals surface area contributed by atoms with E-state index in [9.17, 15) is 0 Å². The Hall–Kier alpha value is -0.0800. The first-order chi connectivity index (χ1) is 6.63. The van der Waals surface area contributed by atoms with Crippen LogP contribution in [0.15, 0.2) is 0 Å². The molecule has 1 aliphatic carbocycles. The highest BCUT2D eigenvalue weighted by atomic mass is 16.5. The van der Waals surface area contributed by atoms with Crippen LogP contribution in [0.3, 0.4) is 0 Å². The van der Waals surface area contributed by atoms with E-state index in [1.165, 1.54) is 12.8 Å². The summed E-state index contributed by atoms with van der Waals surface area (Å²) in [5, 5.41) is 3.66. The quantitative estimate of drug-likeness (QED) is 0.709. The predicted octanol–water partition coefficient (Wildman–Crippen LogP) is 2.44. The van der Waals surface area contributed by atoms with Gasteiger partial charge in [0.2, 0.25) is 0 Å². The first kappa shape index (κ1) is 12.0. The fourth-order valence-corrected chi connectivity index (χ4v) is 2.12. The molecule has 0 spiro atoms. The second-order valence-electron chi connectivity index (χ2n) is 5.02. The lowest BCUT2D eigenvalue weighted by atomic mass is 9.73. The molecule has 0 aliphatic heterocycles. The van der Waals surface area contributed by atoms with Gasteiger partial charge in [0.1, 0.15) is 0 Å². The third-order valence-corrected chi connectivity index (χ3v) is 3.39. The van der Waals surface area contributed by atoms with Crippen molar-refractivity contribution in [3.05, 3.63) is 0 Å². The Morgan fingerprint density at radius 1 is 1.29 bits per heavy atom. The average Bonchev–Trinajstić information content (AvgIpc) is 2.06. The van der Waals surface area contributed by atoms with Gasteiger partial charge < -0.3 is 10.1 Å². The maximum Gasteiger partial charge on any atom is 0.0476 e. The normalized spacial score (nSPS) is 28.9. The van der Waals surface area contributed by atoms with E-state index in [4.69, 9.17) is 4.74 Å². The van der Waals surface area contributed by atoms with Crippen LogP contribution in [-0.2, 0) is 4.74 Å². The fourth-order valence-electron chi connectivity index (χ4n) is 2.12. The molecular weight excluding hydrogens is 174 g/mol. The number of methoxy groups -OCH3 is 1. The van der Waals surface area contributed by atoms with Crippen molar-refractivity contribution in [1.29, 1.82) is 0 Å². The Balaban J connectivity index is 2.04. The second-order valence-corrected chi connectivity index (χ2v) is 5.02. The highest BCUT2D eigenvalue weighted by molar-refractivity contribution is 4.87. The summed E-state index contributed by atoms with van der Waals surface area (Å²) >= 11 is 0. The first-order valence-electron chi connectivity index (χ1n) is 5.88. The van der Waals surface area contributed by atoms with Crippen molar-refractivity contribution in [3.63, 3.8) is 0 Å². The molecule has 1 atom stereocenters. The van der Waals surface area contributed by atoms with Crippen LogP contribution in [0.4, 0.5) is 0 Å². The molecule has 0 amide bonds. The van der Waals surface area contributed by atoms with E-state index in [1.54, 1.807) is 7.11 Å². The van der Waals surface area contributed by atoms with E-state index in [1.807, 2.05) is 0 Å². The third kappa shape index (κ3) is 3.58. The molecule has 2 heteroatoms. The van der Waals surface area contributed by atoms with Crippen molar-refractivity contribution in [1.82, 2.24) is 5.32 Å². The molecule has 1 saturated carbocycles. The van der Waals surface area contributed by atoms with Crippen molar-refractivity contribution in [2.45, 2.75) is 52.1 Å². The standard InChI is InChI=1S/C12H25NO/c1-9(2)11-7-12(8-11)13-10(3)5-6-14-4/h9-13H,5-8H2,1-4H3. The summed E-state index contributed by atoms with van der Waals surface area (Å²) in [7, 11) is 1.77. The van der Waals surface area contributed by atoms with Gasteiger partial charge in [-0.05, 0) is 38.0 Å². The van der Waals surface area contributed by atoms with Crippen LogP contribution in [0.2, 0.25) is 0 Å². The lowest BCUT2D eigenvalue weighted by molar-refractivity contribution is 0.142. The van der Waals surface area contributed by atoms with Crippen molar-refractivity contribution in [2.24, 2.45) is 11.8 Å². The number of nitrogens with one attached hydrogen (secondary N) is 1. The van der Waals surface area contributed by atoms with Gasteiger partial charge in [0.05, 0.1) is 0 Å². The topological polar surface area (TPSA) is 21.3 Å². The predicted molar refractivity (Wildman–Crippen MR) is 60.4 cm³/mol. The largest absolute Gasteiger partial charge is 0.385 e. The number of hydrogen-bond donors (Lipinski definition) is 1. The van der Waals surface area contributed by atoms with Crippen LogP contribution < -0.4 is 5.32 Å². The maximum absolute atomic E-state index is 5.07. The first-order valence-corrected chi connectivity index (χ1v) is 5.88. The van der Waals surface area contributed by atoms with E-state index in [0.29, 0.717) is 6.04 Å². The summed E-state index contributed by atoms with van der Waals surface area (Å²) in [4.78, 5) is 0.